The molecule has 0 aliphatic carbocycles. The predicted octanol–water partition coefficient (Wildman–Crippen LogP) is 4.90. The van der Waals surface area contributed by atoms with Crippen LogP contribution in [0.3, 0.4) is 0 Å². The molecule has 0 saturated heterocycles. The molecule has 1 aliphatic heterocycles. The quantitative estimate of drug-likeness (QED) is 0.422. The Bertz CT molecular complexity index is 1320. The van der Waals surface area contributed by atoms with Crippen molar-refractivity contribution in [1.82, 2.24) is 10.1 Å². The number of amides is 1. The number of rotatable bonds is 4. The molecule has 6 nitrogen and oxygen atoms in total. The van der Waals surface area contributed by atoms with Gasteiger partial charge in [0.05, 0.1) is 11.6 Å². The Morgan fingerprint density at radius 2 is 2.06 bits per heavy atom. The SMILES string of the molecule is CN=C/C(=C(\C)C#N)C1CN(C(=O)c2cc(-c3ccc(F)cc3F)on2)Cc2ccccc21. The van der Waals surface area contributed by atoms with Gasteiger partial charge in [-0.25, -0.2) is 8.78 Å². The lowest BCUT2D eigenvalue weighted by atomic mass is 9.83. The van der Waals surface area contributed by atoms with Gasteiger partial charge >= 0.3 is 0 Å². The largest absolute Gasteiger partial charge is 0.355 e. The third kappa shape index (κ3) is 4.30. The van der Waals surface area contributed by atoms with Gasteiger partial charge in [0, 0.05) is 50.0 Å². The highest BCUT2D eigenvalue weighted by Gasteiger charge is 2.32. The summed E-state index contributed by atoms with van der Waals surface area (Å²) < 4.78 is 32.5. The molecule has 1 amide bonds. The van der Waals surface area contributed by atoms with Gasteiger partial charge in [0.25, 0.3) is 5.91 Å². The zero-order chi connectivity index (χ0) is 23.5. The highest BCUT2D eigenvalue weighted by Crippen LogP contribution is 2.35. The number of nitrogens with zero attached hydrogens (tertiary/aromatic N) is 4. The second-order valence-corrected chi connectivity index (χ2v) is 7.72. The van der Waals surface area contributed by atoms with Gasteiger partial charge in [-0.1, -0.05) is 29.4 Å². The molecular weight excluding hydrogens is 426 g/mol. The Balaban J connectivity index is 1.68. The lowest BCUT2D eigenvalue weighted by Crippen LogP contribution is -2.39. The first-order valence-electron chi connectivity index (χ1n) is 10.2. The van der Waals surface area contributed by atoms with Gasteiger partial charge < -0.3 is 9.42 Å². The molecular formula is C25H20F2N4O2. The monoisotopic (exact) mass is 446 g/mol. The summed E-state index contributed by atoms with van der Waals surface area (Å²) in [6, 6.07) is 14.3. The number of fused-ring (bicyclic) bond motifs is 1. The molecule has 2 aromatic carbocycles. The molecule has 1 aromatic heterocycles. The minimum absolute atomic E-state index is 0.0125. The van der Waals surface area contributed by atoms with Crippen molar-refractivity contribution in [2.75, 3.05) is 13.6 Å². The zero-order valence-electron chi connectivity index (χ0n) is 18.0. The summed E-state index contributed by atoms with van der Waals surface area (Å²) in [7, 11) is 1.63. The molecule has 3 aromatic rings. The molecule has 8 heteroatoms. The molecule has 166 valence electrons. The maximum absolute atomic E-state index is 14.1. The lowest BCUT2D eigenvalue weighted by molar-refractivity contribution is 0.0714. The Morgan fingerprint density at radius 1 is 1.27 bits per heavy atom. The molecule has 33 heavy (non-hydrogen) atoms. The minimum Gasteiger partial charge on any atom is -0.355 e. The molecule has 0 radical (unpaired) electrons. The van der Waals surface area contributed by atoms with Crippen LogP contribution in [0.5, 0.6) is 0 Å². The van der Waals surface area contributed by atoms with Gasteiger partial charge in [-0.2, -0.15) is 5.26 Å². The second-order valence-electron chi connectivity index (χ2n) is 7.72. The van der Waals surface area contributed by atoms with Gasteiger partial charge in [-0.3, -0.25) is 9.79 Å². The normalized spacial score (nSPS) is 16.3. The van der Waals surface area contributed by atoms with Crippen LogP contribution < -0.4 is 0 Å². The number of aliphatic imine (C=N–C) groups is 1. The first-order valence-corrected chi connectivity index (χ1v) is 10.2. The second kappa shape index (κ2) is 9.17. The van der Waals surface area contributed by atoms with Crippen molar-refractivity contribution < 1.29 is 18.1 Å². The molecule has 0 fully saturated rings. The first kappa shape index (κ1) is 22.1. The fraction of sp³-hybridized carbons (Fsp3) is 0.200. The highest BCUT2D eigenvalue weighted by molar-refractivity contribution is 5.94. The number of carbonyl (C=O) groups is 1. The van der Waals surface area contributed by atoms with Crippen LogP contribution in [0.15, 0.2) is 69.2 Å². The third-order valence-electron chi connectivity index (χ3n) is 5.65. The number of hydrogen-bond acceptors (Lipinski definition) is 5. The zero-order valence-corrected chi connectivity index (χ0v) is 18.0. The van der Waals surface area contributed by atoms with Crippen LogP contribution in [0.25, 0.3) is 11.3 Å². The van der Waals surface area contributed by atoms with Crippen LogP contribution in [-0.4, -0.2) is 35.8 Å². The summed E-state index contributed by atoms with van der Waals surface area (Å²) >= 11 is 0. The molecule has 0 bridgehead atoms. The van der Waals surface area contributed by atoms with Gasteiger partial charge in [0.1, 0.15) is 11.6 Å². The van der Waals surface area contributed by atoms with E-state index in [1.807, 2.05) is 24.3 Å². The third-order valence-corrected chi connectivity index (χ3v) is 5.65. The molecule has 4 rings (SSSR count). The topological polar surface area (TPSA) is 82.5 Å². The van der Waals surface area contributed by atoms with Crippen molar-refractivity contribution in [3.63, 3.8) is 0 Å². The highest BCUT2D eigenvalue weighted by atomic mass is 19.1. The average molecular weight is 446 g/mol. The van der Waals surface area contributed by atoms with Crippen LogP contribution in [-0.2, 0) is 6.54 Å². The smallest absolute Gasteiger partial charge is 0.276 e. The van der Waals surface area contributed by atoms with Gasteiger partial charge in [-0.05, 0) is 35.8 Å². The van der Waals surface area contributed by atoms with E-state index in [2.05, 4.69) is 16.2 Å². The van der Waals surface area contributed by atoms with Gasteiger partial charge in [0.15, 0.2) is 11.5 Å². The first-order chi connectivity index (χ1) is 15.9. The number of carbonyl (C=O) groups excluding carboxylic acids is 1. The Hall–Kier alpha value is -4.12. The van der Waals surface area contributed by atoms with Crippen LogP contribution in [0.4, 0.5) is 8.78 Å². The summed E-state index contributed by atoms with van der Waals surface area (Å²) in [4.78, 5) is 19.0. The van der Waals surface area contributed by atoms with Crippen molar-refractivity contribution in [2.45, 2.75) is 19.4 Å². The maximum Gasteiger partial charge on any atom is 0.276 e. The summed E-state index contributed by atoms with van der Waals surface area (Å²) in [6.07, 6.45) is 1.65. The van der Waals surface area contributed by atoms with Crippen molar-refractivity contribution >= 4 is 12.1 Å². The van der Waals surface area contributed by atoms with Crippen molar-refractivity contribution in [3.8, 4) is 17.4 Å². The van der Waals surface area contributed by atoms with Crippen LogP contribution in [0.1, 0.15) is 34.5 Å². The standard InChI is InChI=1S/C25H20F2N4O2/c1-15(11-28)20(12-29-2)21-14-31(13-16-5-3-4-6-18(16)21)25(32)23-10-24(33-30-23)19-8-7-17(26)9-22(19)27/h3-10,12,21H,13-14H2,1-2H3/b20-15-,29-12?. The van der Waals surface area contributed by atoms with Crippen LogP contribution >= 0.6 is 0 Å². The molecule has 1 aliphatic rings. The number of nitriles is 1. The van der Waals surface area contributed by atoms with E-state index in [-0.39, 0.29) is 22.9 Å². The number of hydrogen-bond donors (Lipinski definition) is 0. The maximum atomic E-state index is 14.1. The van der Waals surface area contributed by atoms with Crippen molar-refractivity contribution in [1.29, 1.82) is 5.26 Å². The van der Waals surface area contributed by atoms with E-state index in [1.54, 1.807) is 25.1 Å². The number of benzene rings is 2. The van der Waals surface area contributed by atoms with Crippen molar-refractivity contribution in [2.24, 2.45) is 4.99 Å². The molecule has 0 spiro atoms. The predicted molar refractivity (Wildman–Crippen MR) is 119 cm³/mol. The lowest BCUT2D eigenvalue weighted by Gasteiger charge is -2.35. The summed E-state index contributed by atoms with van der Waals surface area (Å²) in [5, 5.41) is 13.3. The molecule has 1 unspecified atom stereocenters. The number of allylic oxidation sites excluding steroid dienone is 1. The Morgan fingerprint density at radius 3 is 2.79 bits per heavy atom. The summed E-state index contributed by atoms with van der Waals surface area (Å²) in [5.41, 5.74) is 3.25. The van der Waals surface area contributed by atoms with E-state index in [4.69, 9.17) is 4.52 Å². The number of aromatic nitrogens is 1. The molecule has 2 heterocycles. The van der Waals surface area contributed by atoms with E-state index < -0.39 is 17.5 Å². The minimum atomic E-state index is -0.808. The fourth-order valence-electron chi connectivity index (χ4n) is 4.03. The van der Waals surface area contributed by atoms with E-state index in [1.165, 1.54) is 12.1 Å². The molecule has 0 N–H and O–H groups in total. The van der Waals surface area contributed by atoms with Crippen LogP contribution in [0, 0.1) is 23.0 Å². The molecule has 0 saturated carbocycles. The summed E-state index contributed by atoms with van der Waals surface area (Å²) in [5.74, 6) is -2.13. The van der Waals surface area contributed by atoms with Gasteiger partial charge in [-0.15, -0.1) is 0 Å². The number of halogens is 2. The Labute approximate surface area is 189 Å². The fourth-order valence-corrected chi connectivity index (χ4v) is 4.03. The van der Waals surface area contributed by atoms with E-state index >= 15 is 0 Å². The van der Waals surface area contributed by atoms with E-state index in [0.29, 0.717) is 18.7 Å². The summed E-state index contributed by atoms with van der Waals surface area (Å²) in [6.45, 7) is 2.38. The van der Waals surface area contributed by atoms with E-state index in [0.717, 1.165) is 28.8 Å². The molecule has 1 atom stereocenters. The van der Waals surface area contributed by atoms with E-state index in [9.17, 15) is 18.8 Å². The van der Waals surface area contributed by atoms with Crippen LogP contribution in [0.2, 0.25) is 0 Å². The average Bonchev–Trinajstić information content (AvgIpc) is 3.31. The van der Waals surface area contributed by atoms with Crippen molar-refractivity contribution in [3.05, 3.63) is 88.1 Å². The van der Waals surface area contributed by atoms with Gasteiger partial charge in [0.2, 0.25) is 0 Å². The Kier molecular flexibility index (Phi) is 6.13.